The Hall–Kier alpha value is -2.21. The van der Waals surface area contributed by atoms with Crippen molar-refractivity contribution in [1.29, 1.82) is 0 Å². The molecule has 0 saturated heterocycles. The minimum absolute atomic E-state index is 0.00182. The van der Waals surface area contributed by atoms with Crippen LogP contribution in [0.15, 0.2) is 36.7 Å². The first kappa shape index (κ1) is 16.0. The molecule has 6 heteroatoms. The van der Waals surface area contributed by atoms with Gasteiger partial charge in [-0.05, 0) is 80.0 Å². The maximum Gasteiger partial charge on any atom is 0.224 e. The smallest absolute Gasteiger partial charge is 0.224 e. The summed E-state index contributed by atoms with van der Waals surface area (Å²) in [5.74, 6) is 1.27. The molecule has 0 radical (unpaired) electrons. The number of hydrogen-bond acceptors (Lipinski definition) is 4. The van der Waals surface area contributed by atoms with Crippen LogP contribution < -0.4 is 5.32 Å². The summed E-state index contributed by atoms with van der Waals surface area (Å²) >= 11 is 0. The summed E-state index contributed by atoms with van der Waals surface area (Å²) < 4.78 is 0. The third-order valence-electron chi connectivity index (χ3n) is 6.49. The second-order valence-corrected chi connectivity index (χ2v) is 8.78. The van der Waals surface area contributed by atoms with Gasteiger partial charge in [0.25, 0.3) is 0 Å². The van der Waals surface area contributed by atoms with E-state index in [1.165, 1.54) is 6.42 Å². The lowest BCUT2D eigenvalue weighted by molar-refractivity contribution is -0.167. The molecule has 2 N–H and O–H groups in total. The Morgan fingerprint density at radius 2 is 1.77 bits per heavy atom. The number of anilines is 1. The van der Waals surface area contributed by atoms with Crippen molar-refractivity contribution in [2.75, 3.05) is 5.32 Å². The first-order valence-corrected chi connectivity index (χ1v) is 9.50. The number of aliphatic hydroxyl groups is 1. The summed E-state index contributed by atoms with van der Waals surface area (Å²) in [4.78, 5) is 14.2. The topological polar surface area (TPSA) is 80.0 Å². The van der Waals surface area contributed by atoms with Crippen LogP contribution in [0.25, 0.3) is 5.69 Å². The molecular weight excluding hydrogens is 328 g/mol. The molecule has 2 aromatic rings. The van der Waals surface area contributed by atoms with E-state index < -0.39 is 5.60 Å². The zero-order valence-electron chi connectivity index (χ0n) is 14.8. The second-order valence-electron chi connectivity index (χ2n) is 8.78. The van der Waals surface area contributed by atoms with Gasteiger partial charge < -0.3 is 10.4 Å². The predicted molar refractivity (Wildman–Crippen MR) is 96.7 cm³/mol. The quantitative estimate of drug-likeness (QED) is 0.887. The van der Waals surface area contributed by atoms with Crippen LogP contribution in [0, 0.1) is 17.3 Å². The predicted octanol–water partition coefficient (Wildman–Crippen LogP) is 2.93. The molecule has 2 atom stereocenters. The molecule has 4 aliphatic rings. The van der Waals surface area contributed by atoms with Crippen molar-refractivity contribution in [3.63, 3.8) is 0 Å². The fraction of sp³-hybridized carbons (Fsp3) is 0.550. The van der Waals surface area contributed by atoms with E-state index in [9.17, 15) is 9.90 Å². The Morgan fingerprint density at radius 1 is 1.12 bits per heavy atom. The van der Waals surface area contributed by atoms with Crippen LogP contribution in [0.5, 0.6) is 0 Å². The van der Waals surface area contributed by atoms with Gasteiger partial charge in [0.1, 0.15) is 0 Å². The highest BCUT2D eigenvalue weighted by Gasteiger charge is 2.57. The van der Waals surface area contributed by atoms with Gasteiger partial charge in [-0.1, -0.05) is 0 Å². The average Bonchev–Trinajstić information content (AvgIpc) is 3.07. The Kier molecular flexibility index (Phi) is 3.47. The summed E-state index contributed by atoms with van der Waals surface area (Å²) in [6.07, 6.45) is 9.91. The van der Waals surface area contributed by atoms with Crippen LogP contribution >= 0.6 is 0 Å². The van der Waals surface area contributed by atoms with E-state index in [4.69, 9.17) is 0 Å². The molecule has 136 valence electrons. The molecule has 1 aromatic heterocycles. The van der Waals surface area contributed by atoms with Gasteiger partial charge in [0.15, 0.2) is 0 Å². The Morgan fingerprint density at radius 3 is 2.38 bits per heavy atom. The number of hydrogen-bond donors (Lipinski definition) is 2. The highest BCUT2D eigenvalue weighted by molar-refractivity contribution is 5.91. The van der Waals surface area contributed by atoms with Crippen molar-refractivity contribution in [2.24, 2.45) is 17.3 Å². The van der Waals surface area contributed by atoms with Crippen molar-refractivity contribution in [3.05, 3.63) is 36.7 Å². The van der Waals surface area contributed by atoms with E-state index in [2.05, 4.69) is 15.5 Å². The molecule has 4 saturated carbocycles. The maximum atomic E-state index is 12.7. The lowest BCUT2D eigenvalue weighted by atomic mass is 9.47. The van der Waals surface area contributed by atoms with Crippen molar-refractivity contribution >= 4 is 11.6 Å². The van der Waals surface area contributed by atoms with Crippen LogP contribution in [-0.4, -0.2) is 31.6 Å². The van der Waals surface area contributed by atoms with Gasteiger partial charge in [-0.25, -0.2) is 0 Å². The van der Waals surface area contributed by atoms with Crippen molar-refractivity contribution in [1.82, 2.24) is 15.0 Å². The Bertz CT molecular complexity index is 801. The summed E-state index contributed by atoms with van der Waals surface area (Å²) in [6, 6.07) is 7.54. The molecule has 1 heterocycles. The van der Waals surface area contributed by atoms with Gasteiger partial charge in [0, 0.05) is 12.1 Å². The minimum atomic E-state index is -0.511. The number of aromatic nitrogens is 3. The minimum Gasteiger partial charge on any atom is -0.390 e. The lowest BCUT2D eigenvalue weighted by Crippen LogP contribution is -2.56. The Balaban J connectivity index is 1.26. The SMILES string of the molecule is O=C(CC12C[C@H]3C[C@@H](CC(O)(C3)C1)C2)Nc1ccc(-n2nccn2)cc1. The van der Waals surface area contributed by atoms with E-state index in [0.717, 1.165) is 43.5 Å². The highest BCUT2D eigenvalue weighted by Crippen LogP contribution is 2.62. The van der Waals surface area contributed by atoms with Gasteiger partial charge in [-0.2, -0.15) is 15.0 Å². The molecule has 6 rings (SSSR count). The van der Waals surface area contributed by atoms with Crippen molar-refractivity contribution in [2.45, 2.75) is 50.5 Å². The number of nitrogens with one attached hydrogen (secondary N) is 1. The number of benzene rings is 1. The van der Waals surface area contributed by atoms with Gasteiger partial charge in [-0.15, -0.1) is 0 Å². The molecular formula is C20H24N4O2. The van der Waals surface area contributed by atoms with Gasteiger partial charge in [0.05, 0.1) is 23.7 Å². The zero-order chi connectivity index (χ0) is 17.8. The van der Waals surface area contributed by atoms with E-state index >= 15 is 0 Å². The molecule has 4 fully saturated rings. The summed E-state index contributed by atoms with van der Waals surface area (Å²) in [7, 11) is 0. The van der Waals surface area contributed by atoms with Crippen LogP contribution in [0.2, 0.25) is 0 Å². The van der Waals surface area contributed by atoms with Crippen molar-refractivity contribution in [3.8, 4) is 5.69 Å². The van der Waals surface area contributed by atoms with Gasteiger partial charge in [-0.3, -0.25) is 4.79 Å². The number of rotatable bonds is 4. The van der Waals surface area contributed by atoms with Crippen LogP contribution in [0.1, 0.15) is 44.9 Å². The molecule has 4 bridgehead atoms. The van der Waals surface area contributed by atoms with Crippen LogP contribution in [0.4, 0.5) is 5.69 Å². The van der Waals surface area contributed by atoms with Crippen LogP contribution in [-0.2, 0) is 4.79 Å². The van der Waals surface area contributed by atoms with E-state index in [-0.39, 0.29) is 11.3 Å². The standard InChI is InChI=1S/C20H24N4O2/c25-18(23-16-1-3-17(4-2-16)24-21-5-6-22-24)12-19-8-14-7-15(9-19)11-20(26,10-14)13-19/h1-6,14-15,26H,7-13H2,(H,23,25)/t14-,15-,19?,20?/m1/s1. The largest absolute Gasteiger partial charge is 0.390 e. The van der Waals surface area contributed by atoms with Crippen molar-refractivity contribution < 1.29 is 9.90 Å². The number of amides is 1. The fourth-order valence-corrected chi connectivity index (χ4v) is 6.18. The third-order valence-corrected chi connectivity index (χ3v) is 6.49. The molecule has 0 aliphatic heterocycles. The number of nitrogens with zero attached hydrogens (tertiary/aromatic N) is 3. The molecule has 26 heavy (non-hydrogen) atoms. The number of carbonyl (C=O) groups is 1. The van der Waals surface area contributed by atoms with Crippen LogP contribution in [0.3, 0.4) is 0 Å². The average molecular weight is 352 g/mol. The normalized spacial score (nSPS) is 34.8. The Labute approximate surface area is 152 Å². The molecule has 6 nitrogen and oxygen atoms in total. The summed E-state index contributed by atoms with van der Waals surface area (Å²) in [5.41, 5.74) is 1.13. The van der Waals surface area contributed by atoms with E-state index in [0.29, 0.717) is 18.3 Å². The fourth-order valence-electron chi connectivity index (χ4n) is 6.18. The van der Waals surface area contributed by atoms with E-state index in [1.54, 1.807) is 17.2 Å². The first-order valence-electron chi connectivity index (χ1n) is 9.50. The lowest BCUT2D eigenvalue weighted by Gasteiger charge is -2.60. The molecule has 1 aromatic carbocycles. The summed E-state index contributed by atoms with van der Waals surface area (Å²) in [5, 5.41) is 22.1. The van der Waals surface area contributed by atoms with E-state index in [1.807, 2.05) is 24.3 Å². The maximum absolute atomic E-state index is 12.7. The van der Waals surface area contributed by atoms with Gasteiger partial charge in [0.2, 0.25) is 5.91 Å². The monoisotopic (exact) mass is 352 g/mol. The molecule has 0 spiro atoms. The second kappa shape index (κ2) is 5.64. The first-order chi connectivity index (χ1) is 12.5. The number of carbonyl (C=O) groups excluding carboxylic acids is 1. The highest BCUT2D eigenvalue weighted by atomic mass is 16.3. The molecule has 1 amide bonds. The third kappa shape index (κ3) is 2.82. The molecule has 0 unspecified atom stereocenters. The zero-order valence-corrected chi connectivity index (χ0v) is 14.8. The molecule has 4 aliphatic carbocycles. The van der Waals surface area contributed by atoms with Gasteiger partial charge >= 0.3 is 0 Å². The summed E-state index contributed by atoms with van der Waals surface area (Å²) in [6.45, 7) is 0.